The van der Waals surface area contributed by atoms with Gasteiger partial charge >= 0.3 is 5.97 Å². The predicted octanol–water partition coefficient (Wildman–Crippen LogP) is 5.09. The molecule has 39 heavy (non-hydrogen) atoms. The second-order valence-electron chi connectivity index (χ2n) is 9.31. The Kier molecular flexibility index (Phi) is 8.98. The molecule has 0 atom stereocenters. The van der Waals surface area contributed by atoms with Gasteiger partial charge in [0.1, 0.15) is 5.84 Å². The molecule has 3 aromatic rings. The maximum Gasteiger partial charge on any atom is 0.340 e. The van der Waals surface area contributed by atoms with Gasteiger partial charge in [0, 0.05) is 24.3 Å². The van der Waals surface area contributed by atoms with Crippen LogP contribution in [0.25, 0.3) is 0 Å². The highest BCUT2D eigenvalue weighted by molar-refractivity contribution is 7.90. The van der Waals surface area contributed by atoms with Gasteiger partial charge in [-0.1, -0.05) is 30.7 Å². The number of benzene rings is 3. The molecule has 1 amide bonds. The SMILES string of the molecule is Cc1cccc(Nc2ccccc2C(=O)OCC(=O)Nc2ccc(S(=O)(=O)NC3=NCCCCC3)cc2)c1C. The minimum absolute atomic E-state index is 0.0619. The molecule has 204 valence electrons. The monoisotopic (exact) mass is 548 g/mol. The molecule has 0 aromatic heterocycles. The van der Waals surface area contributed by atoms with Crippen LogP contribution in [0.4, 0.5) is 17.1 Å². The Hall–Kier alpha value is -4.18. The molecule has 0 saturated carbocycles. The van der Waals surface area contributed by atoms with E-state index in [1.807, 2.05) is 32.0 Å². The maximum absolute atomic E-state index is 12.8. The largest absolute Gasteiger partial charge is 0.452 e. The number of nitrogens with zero attached hydrogens (tertiary/aromatic N) is 1. The van der Waals surface area contributed by atoms with Crippen LogP contribution in [0, 0.1) is 13.8 Å². The van der Waals surface area contributed by atoms with Crippen molar-refractivity contribution in [1.82, 2.24) is 4.72 Å². The van der Waals surface area contributed by atoms with E-state index in [0.29, 0.717) is 35.7 Å². The number of hydrogen-bond donors (Lipinski definition) is 3. The van der Waals surface area contributed by atoms with Crippen LogP contribution in [0.2, 0.25) is 0 Å². The van der Waals surface area contributed by atoms with Crippen LogP contribution in [0.3, 0.4) is 0 Å². The number of carbonyl (C=O) groups is 2. The third-order valence-corrected chi connectivity index (χ3v) is 7.83. The summed E-state index contributed by atoms with van der Waals surface area (Å²) in [5, 5.41) is 5.89. The van der Waals surface area contributed by atoms with Crippen molar-refractivity contribution in [1.29, 1.82) is 0 Å². The van der Waals surface area contributed by atoms with Crippen LogP contribution in [-0.2, 0) is 19.6 Å². The van der Waals surface area contributed by atoms with Gasteiger partial charge < -0.3 is 15.4 Å². The molecular formula is C29H32N4O5S. The summed E-state index contributed by atoms with van der Waals surface area (Å²) in [4.78, 5) is 29.6. The molecule has 1 aliphatic rings. The molecule has 1 aliphatic heterocycles. The van der Waals surface area contributed by atoms with Crippen molar-refractivity contribution in [2.24, 2.45) is 4.99 Å². The Morgan fingerprint density at radius 3 is 2.44 bits per heavy atom. The molecule has 0 bridgehead atoms. The predicted molar refractivity (Wildman–Crippen MR) is 152 cm³/mol. The van der Waals surface area contributed by atoms with E-state index in [9.17, 15) is 18.0 Å². The number of nitrogens with one attached hydrogen (secondary N) is 3. The molecule has 1 heterocycles. The van der Waals surface area contributed by atoms with Gasteiger partial charge in [0.25, 0.3) is 15.9 Å². The molecule has 0 saturated heterocycles. The standard InChI is InChI=1S/C29H32N4O5S/c1-20-9-8-12-25(21(20)2)32-26-11-6-5-10-24(26)29(35)38-19-28(34)31-22-14-16-23(17-15-22)39(36,37)33-27-13-4-3-7-18-30-27/h5-6,8-12,14-17,32H,3-4,7,13,18-19H2,1-2H3,(H,30,33)(H,31,34). The fourth-order valence-corrected chi connectivity index (χ4v) is 5.19. The van der Waals surface area contributed by atoms with Gasteiger partial charge in [-0.3, -0.25) is 14.5 Å². The Balaban J connectivity index is 1.33. The van der Waals surface area contributed by atoms with Gasteiger partial charge in [-0.05, 0) is 80.3 Å². The molecule has 10 heteroatoms. The maximum atomic E-state index is 12.8. The fraction of sp³-hybridized carbons (Fsp3) is 0.276. The van der Waals surface area contributed by atoms with Gasteiger partial charge in [-0.25, -0.2) is 13.2 Å². The summed E-state index contributed by atoms with van der Waals surface area (Å²) in [7, 11) is -3.77. The van der Waals surface area contributed by atoms with Crippen molar-refractivity contribution in [3.63, 3.8) is 0 Å². The average Bonchev–Trinajstić information content (AvgIpc) is 3.19. The van der Waals surface area contributed by atoms with Crippen molar-refractivity contribution in [3.05, 3.63) is 83.4 Å². The molecule has 0 spiro atoms. The Bertz CT molecular complexity index is 1480. The number of carbonyl (C=O) groups excluding carboxylic acids is 2. The van der Waals surface area contributed by atoms with E-state index in [2.05, 4.69) is 20.3 Å². The Morgan fingerprint density at radius 2 is 1.64 bits per heavy atom. The van der Waals surface area contributed by atoms with E-state index in [0.717, 1.165) is 36.1 Å². The summed E-state index contributed by atoms with van der Waals surface area (Å²) in [6.45, 7) is 4.12. The number of esters is 1. The smallest absolute Gasteiger partial charge is 0.340 e. The number of hydrogen-bond acceptors (Lipinski definition) is 7. The Morgan fingerprint density at radius 1 is 0.897 bits per heavy atom. The number of amides is 1. The van der Waals surface area contributed by atoms with E-state index in [-0.39, 0.29) is 4.90 Å². The van der Waals surface area contributed by atoms with Crippen LogP contribution >= 0.6 is 0 Å². The van der Waals surface area contributed by atoms with Crippen LogP contribution < -0.4 is 15.4 Å². The van der Waals surface area contributed by atoms with Gasteiger partial charge in [0.05, 0.1) is 16.1 Å². The van der Waals surface area contributed by atoms with Crippen LogP contribution in [-0.4, -0.2) is 39.3 Å². The van der Waals surface area contributed by atoms with E-state index < -0.39 is 28.5 Å². The molecule has 4 rings (SSSR count). The lowest BCUT2D eigenvalue weighted by Crippen LogP contribution is -2.30. The first kappa shape index (κ1) is 27.8. The first-order chi connectivity index (χ1) is 18.7. The number of aliphatic imine (C=N–C) groups is 1. The molecule has 0 radical (unpaired) electrons. The zero-order valence-corrected chi connectivity index (χ0v) is 22.8. The average molecular weight is 549 g/mol. The third kappa shape index (κ3) is 7.44. The summed E-state index contributed by atoms with van der Waals surface area (Å²) in [5.74, 6) is -0.727. The molecule has 9 nitrogen and oxygen atoms in total. The summed E-state index contributed by atoms with van der Waals surface area (Å²) in [6.07, 6.45) is 3.46. The highest BCUT2D eigenvalue weighted by atomic mass is 32.2. The second-order valence-corrected chi connectivity index (χ2v) is 11.0. The zero-order valence-electron chi connectivity index (χ0n) is 22.0. The zero-order chi connectivity index (χ0) is 27.8. The highest BCUT2D eigenvalue weighted by Crippen LogP contribution is 2.26. The topological polar surface area (TPSA) is 126 Å². The number of rotatable bonds is 8. The van der Waals surface area contributed by atoms with Crippen LogP contribution in [0.5, 0.6) is 0 Å². The number of para-hydroxylation sites is 1. The summed E-state index contributed by atoms with van der Waals surface area (Å²) < 4.78 is 33.2. The van der Waals surface area contributed by atoms with Crippen LogP contribution in [0.15, 0.2) is 76.6 Å². The van der Waals surface area contributed by atoms with Crippen molar-refractivity contribution >= 4 is 44.8 Å². The van der Waals surface area contributed by atoms with E-state index in [1.54, 1.807) is 24.3 Å². The second kappa shape index (κ2) is 12.6. The van der Waals surface area contributed by atoms with E-state index in [1.165, 1.54) is 24.3 Å². The highest BCUT2D eigenvalue weighted by Gasteiger charge is 2.18. The van der Waals surface area contributed by atoms with E-state index in [4.69, 9.17) is 4.74 Å². The molecule has 3 N–H and O–H groups in total. The molecule has 3 aromatic carbocycles. The van der Waals surface area contributed by atoms with Gasteiger partial charge in [0.2, 0.25) is 0 Å². The summed E-state index contributed by atoms with van der Waals surface area (Å²) in [6, 6.07) is 18.5. The van der Waals surface area contributed by atoms with Crippen molar-refractivity contribution in [3.8, 4) is 0 Å². The van der Waals surface area contributed by atoms with Crippen molar-refractivity contribution in [2.45, 2.75) is 44.4 Å². The quantitative estimate of drug-likeness (QED) is 0.337. The first-order valence-corrected chi connectivity index (χ1v) is 14.3. The summed E-state index contributed by atoms with van der Waals surface area (Å²) in [5.41, 5.74) is 4.29. The lowest BCUT2D eigenvalue weighted by Gasteiger charge is -2.14. The molecule has 0 unspecified atom stereocenters. The lowest BCUT2D eigenvalue weighted by molar-refractivity contribution is -0.119. The number of ether oxygens (including phenoxy) is 1. The molecular weight excluding hydrogens is 516 g/mol. The Labute approximate surface area is 228 Å². The molecule has 0 fully saturated rings. The number of amidine groups is 1. The normalized spacial score (nSPS) is 13.5. The van der Waals surface area contributed by atoms with Crippen LogP contribution in [0.1, 0.15) is 47.2 Å². The number of anilines is 3. The van der Waals surface area contributed by atoms with E-state index >= 15 is 0 Å². The molecule has 0 aliphatic carbocycles. The first-order valence-electron chi connectivity index (χ1n) is 12.8. The lowest BCUT2D eigenvalue weighted by atomic mass is 10.1. The van der Waals surface area contributed by atoms with Gasteiger partial charge in [0.15, 0.2) is 6.61 Å². The number of aryl methyl sites for hydroxylation is 1. The van der Waals surface area contributed by atoms with Crippen molar-refractivity contribution in [2.75, 3.05) is 23.8 Å². The van der Waals surface area contributed by atoms with Crippen molar-refractivity contribution < 1.29 is 22.7 Å². The summed E-state index contributed by atoms with van der Waals surface area (Å²) >= 11 is 0. The minimum Gasteiger partial charge on any atom is -0.452 e. The van der Waals surface area contributed by atoms with Gasteiger partial charge in [-0.15, -0.1) is 0 Å². The minimum atomic E-state index is -3.77. The number of sulfonamides is 1. The third-order valence-electron chi connectivity index (χ3n) is 6.43. The fourth-order valence-electron chi connectivity index (χ4n) is 4.10. The van der Waals surface area contributed by atoms with Gasteiger partial charge in [-0.2, -0.15) is 0 Å².